The molecule has 132 valence electrons. The molecule has 25 heavy (non-hydrogen) atoms. The Morgan fingerprint density at radius 2 is 2.24 bits per heavy atom. The van der Waals surface area contributed by atoms with Crippen molar-refractivity contribution in [2.45, 2.75) is 25.3 Å². The van der Waals surface area contributed by atoms with Crippen LogP contribution in [0.3, 0.4) is 0 Å². The number of aromatic hydroxyl groups is 1. The third-order valence-corrected chi connectivity index (χ3v) is 6.12. The third-order valence-electron chi connectivity index (χ3n) is 5.91. The van der Waals surface area contributed by atoms with Crippen LogP contribution in [-0.4, -0.2) is 29.6 Å². The average Bonchev–Trinajstić information content (AvgIpc) is 3.29. The molecule has 3 aliphatic carbocycles. The van der Waals surface area contributed by atoms with E-state index < -0.39 is 0 Å². The van der Waals surface area contributed by atoms with Gasteiger partial charge in [0.1, 0.15) is 0 Å². The van der Waals surface area contributed by atoms with E-state index in [1.165, 1.54) is 26.4 Å². The first-order valence-electron chi connectivity index (χ1n) is 8.79. The second kappa shape index (κ2) is 6.67. The molecule has 4 rings (SSSR count). The van der Waals surface area contributed by atoms with E-state index in [1.54, 1.807) is 24.4 Å². The summed E-state index contributed by atoms with van der Waals surface area (Å²) < 4.78 is 5.09. The van der Waals surface area contributed by atoms with Crippen LogP contribution >= 0.6 is 12.2 Å². The lowest BCUT2D eigenvalue weighted by molar-refractivity contribution is 0.246. The number of nitrogens with zero attached hydrogens (tertiary/aromatic N) is 1. The monoisotopic (exact) mass is 357 g/mol. The number of allylic oxidation sites excluding steroid dienone is 2. The van der Waals surface area contributed by atoms with Crippen LogP contribution in [0.5, 0.6) is 11.5 Å². The smallest absolute Gasteiger partial charge is 0.187 e. The minimum Gasteiger partial charge on any atom is -0.504 e. The average molecular weight is 357 g/mol. The van der Waals surface area contributed by atoms with Gasteiger partial charge in [-0.05, 0) is 78.9 Å². The molecule has 3 N–H and O–H groups in total. The lowest BCUT2D eigenvalue weighted by Crippen LogP contribution is -2.45. The molecule has 0 spiro atoms. The molecule has 6 heteroatoms. The molecule has 5 atom stereocenters. The highest BCUT2D eigenvalue weighted by molar-refractivity contribution is 7.80. The second-order valence-electron chi connectivity index (χ2n) is 7.18. The molecule has 0 amide bonds. The molecule has 0 saturated heterocycles. The predicted octanol–water partition coefficient (Wildman–Crippen LogP) is 2.80. The molecular weight excluding hydrogens is 334 g/mol. The van der Waals surface area contributed by atoms with Crippen LogP contribution in [-0.2, 0) is 0 Å². The first kappa shape index (κ1) is 16.4. The van der Waals surface area contributed by atoms with Crippen molar-refractivity contribution in [3.05, 3.63) is 35.9 Å². The summed E-state index contributed by atoms with van der Waals surface area (Å²) in [6.07, 6.45) is 10.2. The van der Waals surface area contributed by atoms with Crippen molar-refractivity contribution in [2.24, 2.45) is 28.8 Å². The number of hydrogen-bond acceptors (Lipinski definition) is 4. The Labute approximate surface area is 153 Å². The number of hydrazone groups is 1. The lowest BCUT2D eigenvalue weighted by atomic mass is 9.79. The number of hydrogen-bond donors (Lipinski definition) is 3. The van der Waals surface area contributed by atoms with Crippen molar-refractivity contribution >= 4 is 23.5 Å². The van der Waals surface area contributed by atoms with E-state index in [1.807, 2.05) is 0 Å². The van der Waals surface area contributed by atoms with E-state index in [0.717, 1.165) is 23.3 Å². The zero-order chi connectivity index (χ0) is 17.4. The highest BCUT2D eigenvalue weighted by Crippen LogP contribution is 2.56. The van der Waals surface area contributed by atoms with E-state index in [2.05, 4.69) is 28.0 Å². The van der Waals surface area contributed by atoms with Crippen LogP contribution in [0.2, 0.25) is 0 Å². The normalized spacial score (nSPS) is 32.1. The second-order valence-corrected chi connectivity index (χ2v) is 7.59. The van der Waals surface area contributed by atoms with E-state index in [-0.39, 0.29) is 5.75 Å². The number of nitrogens with one attached hydrogen (secondary N) is 2. The largest absolute Gasteiger partial charge is 0.504 e. The maximum absolute atomic E-state index is 9.60. The molecule has 0 aliphatic heterocycles. The first-order valence-corrected chi connectivity index (χ1v) is 9.20. The molecule has 1 aromatic rings. The van der Waals surface area contributed by atoms with Gasteiger partial charge in [0.15, 0.2) is 16.6 Å². The molecule has 2 saturated carbocycles. The van der Waals surface area contributed by atoms with Gasteiger partial charge in [0.05, 0.1) is 13.3 Å². The van der Waals surface area contributed by atoms with Gasteiger partial charge in [-0.2, -0.15) is 5.10 Å². The number of thiocarbonyl (C=S) groups is 1. The van der Waals surface area contributed by atoms with Gasteiger partial charge in [-0.3, -0.25) is 5.43 Å². The fourth-order valence-corrected chi connectivity index (χ4v) is 5.06. The summed E-state index contributed by atoms with van der Waals surface area (Å²) in [6, 6.07) is 5.52. The summed E-state index contributed by atoms with van der Waals surface area (Å²) in [5.74, 6) is 3.71. The molecule has 0 unspecified atom stereocenters. The van der Waals surface area contributed by atoms with Gasteiger partial charge in [0.2, 0.25) is 0 Å². The Kier molecular flexibility index (Phi) is 4.37. The molecule has 1 aromatic carbocycles. The van der Waals surface area contributed by atoms with Crippen LogP contribution in [0.15, 0.2) is 35.5 Å². The fraction of sp³-hybridized carbons (Fsp3) is 0.474. The van der Waals surface area contributed by atoms with Crippen LogP contribution in [0, 0.1) is 23.7 Å². The van der Waals surface area contributed by atoms with E-state index in [9.17, 15) is 5.11 Å². The number of benzene rings is 1. The van der Waals surface area contributed by atoms with Crippen LogP contribution in [0.4, 0.5) is 0 Å². The summed E-state index contributed by atoms with van der Waals surface area (Å²) >= 11 is 5.39. The van der Waals surface area contributed by atoms with Gasteiger partial charge in [0, 0.05) is 6.04 Å². The summed E-state index contributed by atoms with van der Waals surface area (Å²) in [6.45, 7) is 0. The predicted molar refractivity (Wildman–Crippen MR) is 102 cm³/mol. The zero-order valence-electron chi connectivity index (χ0n) is 14.2. The van der Waals surface area contributed by atoms with Gasteiger partial charge in [0.25, 0.3) is 0 Å². The quantitative estimate of drug-likeness (QED) is 0.335. The molecule has 2 fully saturated rings. The van der Waals surface area contributed by atoms with Crippen molar-refractivity contribution in [3.63, 3.8) is 0 Å². The van der Waals surface area contributed by atoms with Crippen molar-refractivity contribution in [3.8, 4) is 11.5 Å². The number of fused-ring (bicyclic) bond motifs is 5. The van der Waals surface area contributed by atoms with Gasteiger partial charge < -0.3 is 15.2 Å². The Balaban J connectivity index is 1.30. The Morgan fingerprint density at radius 1 is 1.36 bits per heavy atom. The molecular formula is C19H23N3O2S. The van der Waals surface area contributed by atoms with Gasteiger partial charge in [-0.1, -0.05) is 12.2 Å². The van der Waals surface area contributed by atoms with E-state index >= 15 is 0 Å². The SMILES string of the molecule is COc1cc(/C=N\NC(=S)N[C@@H]2C[C@H]3C[C@@H]2[C@@H]2C=CC[C@@H]32)ccc1O. The molecule has 0 radical (unpaired) electrons. The van der Waals surface area contributed by atoms with Crippen LogP contribution in [0.1, 0.15) is 24.8 Å². The maximum atomic E-state index is 9.60. The molecule has 0 heterocycles. The number of rotatable bonds is 4. The summed E-state index contributed by atoms with van der Waals surface area (Å²) in [5.41, 5.74) is 3.72. The van der Waals surface area contributed by atoms with Crippen molar-refractivity contribution in [1.82, 2.24) is 10.7 Å². The Hall–Kier alpha value is -2.08. The van der Waals surface area contributed by atoms with E-state index in [4.69, 9.17) is 17.0 Å². The fourth-order valence-electron chi connectivity index (χ4n) is 4.85. The summed E-state index contributed by atoms with van der Waals surface area (Å²) in [4.78, 5) is 0. The highest BCUT2D eigenvalue weighted by atomic mass is 32.1. The van der Waals surface area contributed by atoms with Crippen molar-refractivity contribution in [1.29, 1.82) is 0 Å². The Bertz CT molecular complexity index is 733. The molecule has 3 aliphatic rings. The number of phenolic OH excluding ortho intramolecular Hbond substituents is 1. The highest BCUT2D eigenvalue weighted by Gasteiger charge is 2.52. The Morgan fingerprint density at radius 3 is 3.08 bits per heavy atom. The lowest BCUT2D eigenvalue weighted by Gasteiger charge is -2.32. The minimum atomic E-state index is 0.111. The summed E-state index contributed by atoms with van der Waals surface area (Å²) in [5, 5.41) is 17.8. The van der Waals surface area contributed by atoms with Gasteiger partial charge in [-0.25, -0.2) is 0 Å². The third kappa shape index (κ3) is 3.11. The zero-order valence-corrected chi connectivity index (χ0v) is 15.0. The standard InChI is InChI=1S/C19H23N3O2S/c1-24-18-7-11(5-6-17(18)23)10-20-22-19(25)21-16-9-12-8-15(16)14-4-2-3-13(12)14/h2,4-7,10,12-16,23H,3,8-9H2,1H3,(H2,21,22,25)/b20-10-/t12-,13+,14-,15-,16-/m1/s1. The maximum Gasteiger partial charge on any atom is 0.187 e. The number of phenols is 1. The van der Waals surface area contributed by atoms with E-state index in [0.29, 0.717) is 22.8 Å². The topological polar surface area (TPSA) is 65.9 Å². The first-order chi connectivity index (χ1) is 12.2. The van der Waals surface area contributed by atoms with Crippen molar-refractivity contribution < 1.29 is 9.84 Å². The van der Waals surface area contributed by atoms with Gasteiger partial charge >= 0.3 is 0 Å². The minimum absolute atomic E-state index is 0.111. The molecule has 5 nitrogen and oxygen atoms in total. The molecule has 2 bridgehead atoms. The van der Waals surface area contributed by atoms with Crippen LogP contribution in [0.25, 0.3) is 0 Å². The number of ether oxygens (including phenoxy) is 1. The molecule has 0 aromatic heterocycles. The number of methoxy groups -OCH3 is 1. The van der Waals surface area contributed by atoms with Crippen LogP contribution < -0.4 is 15.5 Å². The van der Waals surface area contributed by atoms with Gasteiger partial charge in [-0.15, -0.1) is 0 Å². The van der Waals surface area contributed by atoms with Crippen molar-refractivity contribution in [2.75, 3.05) is 7.11 Å². The summed E-state index contributed by atoms with van der Waals surface area (Å²) in [7, 11) is 1.52.